The molecule has 0 amide bonds. The zero-order chi connectivity index (χ0) is 6.53. The molecule has 9 heavy (non-hydrogen) atoms. The van der Waals surface area contributed by atoms with Gasteiger partial charge in [-0.1, -0.05) is 0 Å². The Morgan fingerprint density at radius 2 is 2.44 bits per heavy atom. The molecular weight excluding hydrogens is 119 g/mol. The number of alkyl halides is 1. The molecule has 1 unspecified atom stereocenters. The first-order valence-corrected chi connectivity index (χ1v) is 3.43. The summed E-state index contributed by atoms with van der Waals surface area (Å²) in [5.74, 6) is 0. The molecule has 3 heteroatoms. The Balaban J connectivity index is 1.80. The summed E-state index contributed by atoms with van der Waals surface area (Å²) in [6.07, 6.45) is 1.24. The van der Waals surface area contributed by atoms with Gasteiger partial charge in [-0.25, -0.2) is 4.39 Å². The van der Waals surface area contributed by atoms with Crippen LogP contribution in [0.5, 0.6) is 0 Å². The van der Waals surface area contributed by atoms with Crippen molar-refractivity contribution in [3.8, 4) is 0 Å². The van der Waals surface area contributed by atoms with E-state index < -0.39 is 0 Å². The highest BCUT2D eigenvalue weighted by Crippen LogP contribution is 1.98. The van der Waals surface area contributed by atoms with Crippen LogP contribution in [0.2, 0.25) is 0 Å². The van der Waals surface area contributed by atoms with Gasteiger partial charge in [0.2, 0.25) is 0 Å². The molecule has 0 aromatic rings. The van der Waals surface area contributed by atoms with E-state index in [0.29, 0.717) is 12.6 Å². The Hall–Kier alpha value is -0.150. The van der Waals surface area contributed by atoms with Crippen molar-refractivity contribution in [2.24, 2.45) is 0 Å². The normalized spacial score (nSPS) is 25.7. The van der Waals surface area contributed by atoms with Gasteiger partial charge in [-0.2, -0.15) is 0 Å². The second-order valence-electron chi connectivity index (χ2n) is 2.33. The minimum absolute atomic E-state index is 0.257. The number of hydrogen-bond acceptors (Lipinski definition) is 2. The quantitative estimate of drug-likeness (QED) is 0.522. The lowest BCUT2D eigenvalue weighted by atomic mass is 10.1. The number of nitrogens with one attached hydrogen (secondary N) is 2. The first kappa shape index (κ1) is 6.96. The summed E-state index contributed by atoms with van der Waals surface area (Å²) in [4.78, 5) is 0. The molecule has 0 aliphatic carbocycles. The summed E-state index contributed by atoms with van der Waals surface area (Å²) in [7, 11) is 0. The highest BCUT2D eigenvalue weighted by Gasteiger charge is 2.14. The SMILES string of the molecule is FCCNCC1CCN1. The molecular formula is C6H13FN2. The number of hydrogen-bond donors (Lipinski definition) is 2. The van der Waals surface area contributed by atoms with Crippen LogP contribution in [-0.4, -0.2) is 32.4 Å². The zero-order valence-electron chi connectivity index (χ0n) is 5.49. The van der Waals surface area contributed by atoms with E-state index in [2.05, 4.69) is 10.6 Å². The van der Waals surface area contributed by atoms with E-state index in [0.717, 1.165) is 13.1 Å². The van der Waals surface area contributed by atoms with E-state index in [1.807, 2.05) is 0 Å². The van der Waals surface area contributed by atoms with Crippen molar-refractivity contribution in [3.63, 3.8) is 0 Å². The van der Waals surface area contributed by atoms with Crippen molar-refractivity contribution in [3.05, 3.63) is 0 Å². The van der Waals surface area contributed by atoms with Crippen LogP contribution < -0.4 is 10.6 Å². The molecule has 1 fully saturated rings. The molecule has 54 valence electrons. The molecule has 1 rings (SSSR count). The standard InChI is InChI=1S/C6H13FN2/c7-2-4-8-5-6-1-3-9-6/h6,8-9H,1-5H2. The van der Waals surface area contributed by atoms with Gasteiger partial charge in [0.15, 0.2) is 0 Å². The van der Waals surface area contributed by atoms with Gasteiger partial charge in [-0.05, 0) is 13.0 Å². The maximum absolute atomic E-state index is 11.5. The molecule has 0 aromatic carbocycles. The number of halogens is 1. The van der Waals surface area contributed by atoms with Crippen LogP contribution in [0.1, 0.15) is 6.42 Å². The fraction of sp³-hybridized carbons (Fsp3) is 1.00. The molecule has 0 bridgehead atoms. The molecule has 1 heterocycles. The van der Waals surface area contributed by atoms with Gasteiger partial charge in [-0.15, -0.1) is 0 Å². The van der Waals surface area contributed by atoms with Gasteiger partial charge in [0.1, 0.15) is 6.67 Å². The fourth-order valence-electron chi connectivity index (χ4n) is 0.866. The summed E-state index contributed by atoms with van der Waals surface area (Å²) >= 11 is 0. The van der Waals surface area contributed by atoms with Crippen LogP contribution in [0.25, 0.3) is 0 Å². The lowest BCUT2D eigenvalue weighted by Gasteiger charge is -2.27. The van der Waals surface area contributed by atoms with Gasteiger partial charge in [-0.3, -0.25) is 0 Å². The Morgan fingerprint density at radius 1 is 1.67 bits per heavy atom. The predicted octanol–water partition coefficient (Wildman–Crippen LogP) is -0.0926. The van der Waals surface area contributed by atoms with E-state index >= 15 is 0 Å². The topological polar surface area (TPSA) is 24.1 Å². The van der Waals surface area contributed by atoms with Crippen molar-refractivity contribution >= 4 is 0 Å². The van der Waals surface area contributed by atoms with Gasteiger partial charge in [0, 0.05) is 19.1 Å². The minimum Gasteiger partial charge on any atom is -0.313 e. The van der Waals surface area contributed by atoms with Gasteiger partial charge >= 0.3 is 0 Å². The van der Waals surface area contributed by atoms with Gasteiger partial charge in [0.05, 0.1) is 0 Å². The fourth-order valence-corrected chi connectivity index (χ4v) is 0.866. The third-order valence-corrected chi connectivity index (χ3v) is 1.59. The van der Waals surface area contributed by atoms with Crippen LogP contribution in [0.4, 0.5) is 4.39 Å². The summed E-state index contributed by atoms with van der Waals surface area (Å²) < 4.78 is 11.5. The monoisotopic (exact) mass is 132 g/mol. The molecule has 1 atom stereocenters. The molecule has 1 aliphatic rings. The van der Waals surface area contributed by atoms with Gasteiger partial charge in [0.25, 0.3) is 0 Å². The first-order valence-electron chi connectivity index (χ1n) is 3.43. The Labute approximate surface area is 54.8 Å². The average Bonchev–Trinajstić information content (AvgIpc) is 1.76. The van der Waals surface area contributed by atoms with Crippen LogP contribution in [0.15, 0.2) is 0 Å². The van der Waals surface area contributed by atoms with Crippen molar-refractivity contribution < 1.29 is 4.39 Å². The van der Waals surface area contributed by atoms with E-state index in [-0.39, 0.29) is 6.67 Å². The third-order valence-electron chi connectivity index (χ3n) is 1.59. The molecule has 2 nitrogen and oxygen atoms in total. The van der Waals surface area contributed by atoms with Crippen LogP contribution in [-0.2, 0) is 0 Å². The van der Waals surface area contributed by atoms with Crippen LogP contribution in [0.3, 0.4) is 0 Å². The minimum atomic E-state index is -0.257. The molecule has 0 aromatic heterocycles. The summed E-state index contributed by atoms with van der Waals surface area (Å²) in [6.45, 7) is 2.29. The summed E-state index contributed by atoms with van der Waals surface area (Å²) in [5.41, 5.74) is 0. The molecule has 0 radical (unpaired) electrons. The maximum Gasteiger partial charge on any atom is 0.102 e. The third kappa shape index (κ3) is 2.28. The van der Waals surface area contributed by atoms with Crippen molar-refractivity contribution in [1.82, 2.24) is 10.6 Å². The second-order valence-corrected chi connectivity index (χ2v) is 2.33. The molecule has 1 saturated heterocycles. The molecule has 1 aliphatic heterocycles. The van der Waals surface area contributed by atoms with Crippen LogP contribution in [0, 0.1) is 0 Å². The summed E-state index contributed by atoms with van der Waals surface area (Å²) in [5, 5.41) is 6.22. The van der Waals surface area contributed by atoms with Gasteiger partial charge < -0.3 is 10.6 Å². The lowest BCUT2D eigenvalue weighted by Crippen LogP contribution is -2.49. The Kier molecular flexibility index (Phi) is 2.94. The Morgan fingerprint density at radius 3 is 2.89 bits per heavy atom. The second kappa shape index (κ2) is 3.80. The molecule has 0 spiro atoms. The highest BCUT2D eigenvalue weighted by atomic mass is 19.1. The Bertz CT molecular complexity index is 73.5. The number of rotatable bonds is 4. The van der Waals surface area contributed by atoms with E-state index in [1.54, 1.807) is 0 Å². The summed E-state index contributed by atoms with van der Waals surface area (Å²) in [6, 6.07) is 0.608. The highest BCUT2D eigenvalue weighted by molar-refractivity contribution is 4.78. The largest absolute Gasteiger partial charge is 0.313 e. The molecule has 2 N–H and O–H groups in total. The van der Waals surface area contributed by atoms with E-state index in [1.165, 1.54) is 6.42 Å². The molecule has 0 saturated carbocycles. The average molecular weight is 132 g/mol. The first-order chi connectivity index (χ1) is 4.43. The van der Waals surface area contributed by atoms with Crippen molar-refractivity contribution in [2.45, 2.75) is 12.5 Å². The lowest BCUT2D eigenvalue weighted by molar-refractivity contribution is 0.346. The smallest absolute Gasteiger partial charge is 0.102 e. The van der Waals surface area contributed by atoms with E-state index in [4.69, 9.17) is 0 Å². The van der Waals surface area contributed by atoms with Crippen molar-refractivity contribution in [2.75, 3.05) is 26.3 Å². The zero-order valence-corrected chi connectivity index (χ0v) is 5.49. The van der Waals surface area contributed by atoms with Crippen molar-refractivity contribution in [1.29, 1.82) is 0 Å². The maximum atomic E-state index is 11.5. The van der Waals surface area contributed by atoms with Crippen LogP contribution >= 0.6 is 0 Å². The predicted molar refractivity (Wildman–Crippen MR) is 35.3 cm³/mol. The van der Waals surface area contributed by atoms with E-state index in [9.17, 15) is 4.39 Å².